The quantitative estimate of drug-likeness (QED) is 0.875. The lowest BCUT2D eigenvalue weighted by molar-refractivity contribution is 0.475. The van der Waals surface area contributed by atoms with Crippen LogP contribution in [0.5, 0.6) is 5.75 Å². The largest absolute Gasteiger partial charge is 0.508 e. The monoisotopic (exact) mass is 246 g/mol. The summed E-state index contributed by atoms with van der Waals surface area (Å²) in [5, 5.41) is 9.26. The summed E-state index contributed by atoms with van der Waals surface area (Å²) >= 11 is 0. The first kappa shape index (κ1) is 12.4. The predicted octanol–water partition coefficient (Wildman–Crippen LogP) is 2.76. The number of benzene rings is 2. The van der Waals surface area contributed by atoms with Crippen molar-refractivity contribution < 1.29 is 9.50 Å². The summed E-state index contributed by atoms with van der Waals surface area (Å²) in [6, 6.07) is 11.6. The van der Waals surface area contributed by atoms with Gasteiger partial charge in [-0.25, -0.2) is 4.39 Å². The molecule has 0 atom stereocenters. The van der Waals surface area contributed by atoms with Gasteiger partial charge in [0.05, 0.1) is 0 Å². The summed E-state index contributed by atoms with van der Waals surface area (Å²) in [5.74, 6) is -0.105. The van der Waals surface area contributed by atoms with Gasteiger partial charge in [0.25, 0.3) is 0 Å². The van der Waals surface area contributed by atoms with Gasteiger partial charge in [-0.05, 0) is 36.4 Å². The number of nitrogens with two attached hydrogens (primary N) is 1. The highest BCUT2D eigenvalue weighted by atomic mass is 19.1. The van der Waals surface area contributed by atoms with Gasteiger partial charge in [-0.15, -0.1) is 0 Å². The molecule has 0 spiro atoms. The second-order valence-electron chi connectivity index (χ2n) is 4.02. The molecule has 3 N–H and O–H groups in total. The molecule has 0 aliphatic rings. The van der Waals surface area contributed by atoms with Gasteiger partial charge in [0, 0.05) is 30.5 Å². The zero-order chi connectivity index (χ0) is 13.1. The maximum Gasteiger partial charge on any atom is 0.129 e. The molecular formula is C14H15FN2O. The van der Waals surface area contributed by atoms with E-state index in [1.54, 1.807) is 30.3 Å². The number of hydrogen-bond donors (Lipinski definition) is 2. The smallest absolute Gasteiger partial charge is 0.129 e. The van der Waals surface area contributed by atoms with E-state index in [0.717, 1.165) is 11.4 Å². The number of nitrogens with zero attached hydrogens (tertiary/aromatic N) is 1. The molecule has 2 aromatic rings. The Morgan fingerprint density at radius 2 is 1.83 bits per heavy atom. The number of aromatic hydroxyl groups is 1. The van der Waals surface area contributed by atoms with Crippen LogP contribution in [0.1, 0.15) is 5.56 Å². The molecule has 2 rings (SSSR count). The van der Waals surface area contributed by atoms with E-state index in [1.165, 1.54) is 6.07 Å². The molecule has 0 aromatic heterocycles. The Morgan fingerprint density at radius 1 is 1.17 bits per heavy atom. The fourth-order valence-electron chi connectivity index (χ4n) is 1.88. The van der Waals surface area contributed by atoms with Crippen LogP contribution in [0.15, 0.2) is 42.5 Å². The molecule has 94 valence electrons. The Morgan fingerprint density at radius 3 is 2.44 bits per heavy atom. The highest BCUT2D eigenvalue weighted by Crippen LogP contribution is 2.29. The van der Waals surface area contributed by atoms with Crippen molar-refractivity contribution in [3.63, 3.8) is 0 Å². The molecule has 0 fully saturated rings. The van der Waals surface area contributed by atoms with Gasteiger partial charge in [-0.2, -0.15) is 0 Å². The van der Waals surface area contributed by atoms with E-state index in [2.05, 4.69) is 0 Å². The SMILES string of the molecule is CN(c1ccc(O)cc1)c1cccc(F)c1CN. The molecule has 0 saturated carbocycles. The summed E-state index contributed by atoms with van der Waals surface area (Å²) < 4.78 is 13.6. The minimum absolute atomic E-state index is 0.143. The lowest BCUT2D eigenvalue weighted by Crippen LogP contribution is -2.14. The van der Waals surface area contributed by atoms with Gasteiger partial charge in [0.2, 0.25) is 0 Å². The van der Waals surface area contributed by atoms with Crippen LogP contribution < -0.4 is 10.6 Å². The molecule has 3 nitrogen and oxygen atoms in total. The first-order valence-corrected chi connectivity index (χ1v) is 5.63. The Bertz CT molecular complexity index is 540. The molecule has 0 bridgehead atoms. The first-order chi connectivity index (χ1) is 8.63. The van der Waals surface area contributed by atoms with E-state index in [-0.39, 0.29) is 18.1 Å². The maximum atomic E-state index is 13.6. The fraction of sp³-hybridized carbons (Fsp3) is 0.143. The number of rotatable bonds is 3. The Balaban J connectivity index is 2.42. The van der Waals surface area contributed by atoms with E-state index in [1.807, 2.05) is 18.0 Å². The molecule has 0 amide bonds. The number of phenols is 1. The van der Waals surface area contributed by atoms with E-state index in [9.17, 15) is 9.50 Å². The number of anilines is 2. The van der Waals surface area contributed by atoms with Gasteiger partial charge in [-0.3, -0.25) is 0 Å². The minimum atomic E-state index is -0.305. The number of phenolic OH excluding ortho intramolecular Hbond substituents is 1. The van der Waals surface area contributed by atoms with Crippen molar-refractivity contribution in [2.24, 2.45) is 5.73 Å². The van der Waals surface area contributed by atoms with E-state index in [0.29, 0.717) is 5.56 Å². The van der Waals surface area contributed by atoms with Gasteiger partial charge in [0.1, 0.15) is 11.6 Å². The molecular weight excluding hydrogens is 231 g/mol. The average molecular weight is 246 g/mol. The third-order valence-electron chi connectivity index (χ3n) is 2.90. The van der Waals surface area contributed by atoms with Gasteiger partial charge in [0.15, 0.2) is 0 Å². The van der Waals surface area contributed by atoms with Crippen LogP contribution in [0, 0.1) is 5.82 Å². The fourth-order valence-corrected chi connectivity index (χ4v) is 1.88. The number of halogens is 1. The second-order valence-corrected chi connectivity index (χ2v) is 4.02. The van der Waals surface area contributed by atoms with Crippen molar-refractivity contribution in [1.82, 2.24) is 0 Å². The van der Waals surface area contributed by atoms with Gasteiger partial charge >= 0.3 is 0 Å². The third kappa shape index (κ3) is 2.28. The van der Waals surface area contributed by atoms with Crippen molar-refractivity contribution in [1.29, 1.82) is 0 Å². The van der Waals surface area contributed by atoms with Crippen molar-refractivity contribution in [2.75, 3.05) is 11.9 Å². The topological polar surface area (TPSA) is 49.5 Å². The van der Waals surface area contributed by atoms with Crippen LogP contribution in [0.25, 0.3) is 0 Å². The van der Waals surface area contributed by atoms with E-state index < -0.39 is 0 Å². The first-order valence-electron chi connectivity index (χ1n) is 5.63. The molecule has 0 heterocycles. The second kappa shape index (κ2) is 5.06. The van der Waals surface area contributed by atoms with E-state index in [4.69, 9.17) is 5.73 Å². The van der Waals surface area contributed by atoms with Gasteiger partial charge in [-0.1, -0.05) is 6.07 Å². The molecule has 0 aliphatic carbocycles. The normalized spacial score (nSPS) is 10.4. The minimum Gasteiger partial charge on any atom is -0.508 e. The molecule has 0 aliphatic heterocycles. The van der Waals surface area contributed by atoms with Crippen molar-refractivity contribution in [3.8, 4) is 5.75 Å². The third-order valence-corrected chi connectivity index (χ3v) is 2.90. The highest BCUT2D eigenvalue weighted by molar-refractivity contribution is 5.66. The van der Waals surface area contributed by atoms with Crippen LogP contribution in [-0.4, -0.2) is 12.2 Å². The summed E-state index contributed by atoms with van der Waals surface area (Å²) in [6.07, 6.45) is 0. The summed E-state index contributed by atoms with van der Waals surface area (Å²) in [5.41, 5.74) is 7.64. The number of hydrogen-bond acceptors (Lipinski definition) is 3. The van der Waals surface area contributed by atoms with Gasteiger partial charge < -0.3 is 15.7 Å². The average Bonchev–Trinajstić information content (AvgIpc) is 2.38. The molecule has 18 heavy (non-hydrogen) atoms. The summed E-state index contributed by atoms with van der Waals surface area (Å²) in [4.78, 5) is 1.84. The Hall–Kier alpha value is -2.07. The van der Waals surface area contributed by atoms with Crippen LogP contribution >= 0.6 is 0 Å². The van der Waals surface area contributed by atoms with Crippen LogP contribution in [-0.2, 0) is 6.54 Å². The molecule has 4 heteroatoms. The maximum absolute atomic E-state index is 13.6. The highest BCUT2D eigenvalue weighted by Gasteiger charge is 2.11. The lowest BCUT2D eigenvalue weighted by Gasteiger charge is -2.22. The van der Waals surface area contributed by atoms with Crippen molar-refractivity contribution >= 4 is 11.4 Å². The molecule has 0 unspecified atom stereocenters. The Kier molecular flexibility index (Phi) is 3.48. The van der Waals surface area contributed by atoms with Crippen molar-refractivity contribution in [2.45, 2.75) is 6.54 Å². The molecule has 0 radical (unpaired) electrons. The molecule has 0 saturated heterocycles. The van der Waals surface area contributed by atoms with Crippen LogP contribution in [0.4, 0.5) is 15.8 Å². The zero-order valence-electron chi connectivity index (χ0n) is 10.1. The lowest BCUT2D eigenvalue weighted by atomic mass is 10.1. The predicted molar refractivity (Wildman–Crippen MR) is 70.5 cm³/mol. The molecule has 2 aromatic carbocycles. The Labute approximate surface area is 105 Å². The zero-order valence-corrected chi connectivity index (χ0v) is 10.1. The van der Waals surface area contributed by atoms with Crippen molar-refractivity contribution in [3.05, 3.63) is 53.8 Å². The van der Waals surface area contributed by atoms with E-state index >= 15 is 0 Å². The summed E-state index contributed by atoms with van der Waals surface area (Å²) in [7, 11) is 1.83. The standard InChI is InChI=1S/C14H15FN2O/c1-17(10-5-7-11(18)8-6-10)14-4-2-3-13(15)12(14)9-16/h2-8,18H,9,16H2,1H3. The van der Waals surface area contributed by atoms with Crippen LogP contribution in [0.3, 0.4) is 0 Å². The van der Waals surface area contributed by atoms with Crippen LogP contribution in [0.2, 0.25) is 0 Å². The summed E-state index contributed by atoms with van der Waals surface area (Å²) in [6.45, 7) is 0.143.